The maximum absolute atomic E-state index is 12.6. The van der Waals surface area contributed by atoms with Gasteiger partial charge in [-0.05, 0) is 84.8 Å². The highest BCUT2D eigenvalue weighted by molar-refractivity contribution is 5.96. The van der Waals surface area contributed by atoms with E-state index in [4.69, 9.17) is 4.74 Å². The van der Waals surface area contributed by atoms with E-state index in [2.05, 4.69) is 24.1 Å². The fourth-order valence-corrected chi connectivity index (χ4v) is 4.52. The Labute approximate surface area is 223 Å². The molecule has 0 spiro atoms. The summed E-state index contributed by atoms with van der Waals surface area (Å²) in [5, 5.41) is 12.3. The lowest BCUT2D eigenvalue weighted by molar-refractivity contribution is -0.139. The van der Waals surface area contributed by atoms with E-state index in [-0.39, 0.29) is 6.42 Å². The van der Waals surface area contributed by atoms with Crippen LogP contribution in [0.2, 0.25) is 0 Å². The number of piperidine rings is 1. The molecule has 1 unspecified atom stereocenters. The summed E-state index contributed by atoms with van der Waals surface area (Å²) in [6, 6.07) is 20.1. The highest BCUT2D eigenvalue weighted by atomic mass is 16.5. The van der Waals surface area contributed by atoms with Crippen molar-refractivity contribution in [3.05, 3.63) is 95.1 Å². The van der Waals surface area contributed by atoms with E-state index in [1.165, 1.54) is 19.3 Å². The number of hydrogen-bond donors (Lipinski definition) is 2. The number of anilines is 1. The van der Waals surface area contributed by atoms with Gasteiger partial charge in [0.05, 0.1) is 5.56 Å². The maximum Gasteiger partial charge on any atom is 0.343 e. The lowest BCUT2D eigenvalue weighted by Gasteiger charge is -2.28. The second-order valence-corrected chi connectivity index (χ2v) is 9.97. The van der Waals surface area contributed by atoms with E-state index in [0.717, 1.165) is 24.3 Å². The number of carboxylic acid groups (broad SMARTS) is 1. The van der Waals surface area contributed by atoms with Crippen molar-refractivity contribution in [2.45, 2.75) is 51.5 Å². The molecule has 1 fully saturated rings. The van der Waals surface area contributed by atoms with Crippen LogP contribution in [0.3, 0.4) is 0 Å². The van der Waals surface area contributed by atoms with E-state index < -0.39 is 23.9 Å². The molecule has 1 aliphatic rings. The quantitative estimate of drug-likeness (QED) is 0.291. The van der Waals surface area contributed by atoms with Gasteiger partial charge in [0.1, 0.15) is 11.8 Å². The molecular weight excluding hydrogens is 480 g/mol. The summed E-state index contributed by atoms with van der Waals surface area (Å²) in [4.78, 5) is 39.4. The van der Waals surface area contributed by atoms with Gasteiger partial charge in [-0.25, -0.2) is 9.59 Å². The third kappa shape index (κ3) is 7.00. The predicted molar refractivity (Wildman–Crippen MR) is 147 cm³/mol. The second-order valence-electron chi connectivity index (χ2n) is 9.97. The first-order valence-electron chi connectivity index (χ1n) is 13.1. The molecule has 0 saturated carbocycles. The Balaban J connectivity index is 1.33. The number of carbonyl (C=O) groups excluding carboxylic acids is 2. The fourth-order valence-electron chi connectivity index (χ4n) is 4.52. The topological polar surface area (TPSA) is 95.9 Å². The summed E-state index contributed by atoms with van der Waals surface area (Å²) in [7, 11) is 0. The van der Waals surface area contributed by atoms with Crippen molar-refractivity contribution in [1.82, 2.24) is 5.32 Å². The second kappa shape index (κ2) is 12.4. The van der Waals surface area contributed by atoms with Crippen LogP contribution in [0, 0.1) is 0 Å². The van der Waals surface area contributed by atoms with Gasteiger partial charge in [0.25, 0.3) is 5.91 Å². The van der Waals surface area contributed by atoms with E-state index in [1.807, 2.05) is 24.3 Å². The number of esters is 1. The molecule has 0 radical (unpaired) electrons. The van der Waals surface area contributed by atoms with Crippen molar-refractivity contribution in [2.75, 3.05) is 18.0 Å². The Bertz CT molecular complexity index is 1240. The number of hydrogen-bond acceptors (Lipinski definition) is 5. The summed E-state index contributed by atoms with van der Waals surface area (Å²) in [5.74, 6) is -1.32. The summed E-state index contributed by atoms with van der Waals surface area (Å²) >= 11 is 0. The zero-order valence-corrected chi connectivity index (χ0v) is 21.9. The smallest absolute Gasteiger partial charge is 0.343 e. The molecule has 0 bridgehead atoms. The molecule has 0 aromatic heterocycles. The van der Waals surface area contributed by atoms with Gasteiger partial charge in [0.15, 0.2) is 0 Å². The van der Waals surface area contributed by atoms with Gasteiger partial charge < -0.3 is 20.1 Å². The zero-order valence-electron chi connectivity index (χ0n) is 21.9. The van der Waals surface area contributed by atoms with E-state index >= 15 is 0 Å². The van der Waals surface area contributed by atoms with Crippen molar-refractivity contribution in [1.29, 1.82) is 0 Å². The minimum Gasteiger partial charge on any atom is -0.480 e. The van der Waals surface area contributed by atoms with Crippen molar-refractivity contribution >= 4 is 23.5 Å². The zero-order chi connectivity index (χ0) is 27.1. The van der Waals surface area contributed by atoms with Crippen LogP contribution in [-0.2, 0) is 11.2 Å². The molecule has 38 heavy (non-hydrogen) atoms. The predicted octanol–water partition coefficient (Wildman–Crippen LogP) is 5.45. The van der Waals surface area contributed by atoms with Gasteiger partial charge in [-0.15, -0.1) is 0 Å². The van der Waals surface area contributed by atoms with Crippen LogP contribution in [0.1, 0.15) is 70.9 Å². The summed E-state index contributed by atoms with van der Waals surface area (Å²) in [6.07, 6.45) is 3.73. The number of nitrogens with zero attached hydrogens (tertiary/aromatic N) is 1. The number of aliphatic carboxylic acids is 1. The molecule has 3 aromatic carbocycles. The Morgan fingerprint density at radius 1 is 0.842 bits per heavy atom. The van der Waals surface area contributed by atoms with Crippen molar-refractivity contribution in [3.8, 4) is 5.75 Å². The Morgan fingerprint density at radius 2 is 1.45 bits per heavy atom. The molecule has 1 atom stereocenters. The Kier molecular flexibility index (Phi) is 8.79. The molecule has 1 aliphatic heterocycles. The van der Waals surface area contributed by atoms with Gasteiger partial charge in [-0.3, -0.25) is 4.79 Å². The van der Waals surface area contributed by atoms with Crippen LogP contribution in [0.4, 0.5) is 5.69 Å². The van der Waals surface area contributed by atoms with Crippen molar-refractivity contribution in [2.24, 2.45) is 0 Å². The lowest BCUT2D eigenvalue weighted by atomic mass is 10.0. The minimum atomic E-state index is -1.12. The standard InChI is InChI=1S/C31H34N2O5/c1-21(2)23-8-10-24(11-9-23)29(34)32-28(30(35)36)20-22-6-16-27(17-7-22)38-31(37)25-12-14-26(15-13-25)33-18-4-3-5-19-33/h6-17,21,28H,3-5,18-20H2,1-2H3,(H,32,34)(H,35,36). The molecule has 1 saturated heterocycles. The summed E-state index contributed by atoms with van der Waals surface area (Å²) in [5.41, 5.74) is 3.78. The highest BCUT2D eigenvalue weighted by Crippen LogP contribution is 2.22. The van der Waals surface area contributed by atoms with E-state index in [1.54, 1.807) is 48.5 Å². The molecule has 7 nitrogen and oxygen atoms in total. The first kappa shape index (κ1) is 26.9. The lowest BCUT2D eigenvalue weighted by Crippen LogP contribution is -2.42. The van der Waals surface area contributed by atoms with Crippen molar-refractivity contribution < 1.29 is 24.2 Å². The van der Waals surface area contributed by atoms with Crippen molar-refractivity contribution in [3.63, 3.8) is 0 Å². The number of ether oxygens (including phenoxy) is 1. The first-order valence-corrected chi connectivity index (χ1v) is 13.1. The fraction of sp³-hybridized carbons (Fsp3) is 0.323. The van der Waals surface area contributed by atoms with Crippen LogP contribution in [0.5, 0.6) is 5.75 Å². The molecule has 3 aromatic rings. The largest absolute Gasteiger partial charge is 0.480 e. The molecule has 198 valence electrons. The van der Waals surface area contributed by atoms with Gasteiger partial charge in [-0.2, -0.15) is 0 Å². The average Bonchev–Trinajstić information content (AvgIpc) is 2.94. The molecule has 7 heteroatoms. The van der Waals surface area contributed by atoms with Crippen LogP contribution < -0.4 is 15.0 Å². The van der Waals surface area contributed by atoms with Gasteiger partial charge >= 0.3 is 11.9 Å². The number of nitrogens with one attached hydrogen (secondary N) is 1. The number of carbonyl (C=O) groups is 3. The van der Waals surface area contributed by atoms with E-state index in [0.29, 0.717) is 28.4 Å². The number of rotatable bonds is 9. The Morgan fingerprint density at radius 3 is 2.03 bits per heavy atom. The number of amides is 1. The van der Waals surface area contributed by atoms with Gasteiger partial charge in [0, 0.05) is 30.8 Å². The Hall–Kier alpha value is -4.13. The molecule has 4 rings (SSSR count). The maximum atomic E-state index is 12.6. The molecule has 0 aliphatic carbocycles. The number of carboxylic acids is 1. The molecule has 1 heterocycles. The van der Waals surface area contributed by atoms with Gasteiger partial charge in [0.2, 0.25) is 0 Å². The van der Waals surface area contributed by atoms with Gasteiger partial charge in [-0.1, -0.05) is 38.1 Å². The molecule has 2 N–H and O–H groups in total. The average molecular weight is 515 g/mol. The van der Waals surface area contributed by atoms with Crippen LogP contribution in [0.15, 0.2) is 72.8 Å². The first-order chi connectivity index (χ1) is 18.3. The van der Waals surface area contributed by atoms with Crippen LogP contribution >= 0.6 is 0 Å². The van der Waals surface area contributed by atoms with E-state index in [9.17, 15) is 19.5 Å². The molecular formula is C31H34N2O5. The van der Waals surface area contributed by atoms with Crippen LogP contribution in [-0.4, -0.2) is 42.1 Å². The highest BCUT2D eigenvalue weighted by Gasteiger charge is 2.21. The summed E-state index contributed by atoms with van der Waals surface area (Å²) in [6.45, 7) is 6.20. The number of benzene rings is 3. The minimum absolute atomic E-state index is 0.0946. The third-order valence-corrected chi connectivity index (χ3v) is 6.84. The third-order valence-electron chi connectivity index (χ3n) is 6.84. The summed E-state index contributed by atoms with van der Waals surface area (Å²) < 4.78 is 5.50. The SMILES string of the molecule is CC(C)c1ccc(C(=O)NC(Cc2ccc(OC(=O)c3ccc(N4CCCCC4)cc3)cc2)C(=O)O)cc1. The molecule has 1 amide bonds. The monoisotopic (exact) mass is 514 g/mol. The normalized spacial score (nSPS) is 14.1. The van der Waals surface area contributed by atoms with Crippen LogP contribution in [0.25, 0.3) is 0 Å².